The van der Waals surface area contributed by atoms with E-state index in [1.54, 1.807) is 0 Å². The van der Waals surface area contributed by atoms with E-state index >= 15 is 0 Å². The van der Waals surface area contributed by atoms with Crippen molar-refractivity contribution in [3.63, 3.8) is 0 Å². The van der Waals surface area contributed by atoms with Crippen molar-refractivity contribution in [3.05, 3.63) is 31.9 Å². The second-order valence-electron chi connectivity index (χ2n) is 14.7. The molecule has 0 N–H and O–H groups in total. The molecule has 1 aromatic rings. The number of rotatable bonds is 11. The molecule has 44 heavy (non-hydrogen) atoms. The molecule has 9 rings (SSSR count). The highest BCUT2D eigenvalue weighted by atomic mass is 32.2. The summed E-state index contributed by atoms with van der Waals surface area (Å²) in [4.78, 5) is 48.6. The van der Waals surface area contributed by atoms with E-state index in [1.807, 2.05) is 0 Å². The molecule has 0 aromatic heterocycles. The third-order valence-electron chi connectivity index (χ3n) is 11.5. The first-order valence-electron chi connectivity index (χ1n) is 15.5. The van der Waals surface area contributed by atoms with Crippen molar-refractivity contribution in [2.24, 2.45) is 46.3 Å². The van der Waals surface area contributed by atoms with Gasteiger partial charge in [0.15, 0.2) is 4.90 Å². The molecule has 13 nitrogen and oxygen atoms in total. The van der Waals surface area contributed by atoms with Crippen LogP contribution >= 0.6 is 12.0 Å². The third kappa shape index (κ3) is 5.47. The van der Waals surface area contributed by atoms with E-state index in [9.17, 15) is 35.1 Å². The molecular formula is C30H35N2O11S-. The summed E-state index contributed by atoms with van der Waals surface area (Å²) in [5.41, 5.74) is -3.02. The predicted molar refractivity (Wildman–Crippen MR) is 150 cm³/mol. The molecule has 0 atom stereocenters. The van der Waals surface area contributed by atoms with Crippen LogP contribution < -0.4 is 9.99 Å². The van der Waals surface area contributed by atoms with Crippen LogP contribution in [0, 0.1) is 66.6 Å². The number of ether oxygens (including phenoxy) is 2. The second kappa shape index (κ2) is 11.2. The summed E-state index contributed by atoms with van der Waals surface area (Å²) in [5, 5.41) is 38.4. The normalized spacial score (nSPS) is 35.9. The van der Waals surface area contributed by atoms with Crippen LogP contribution in [0.15, 0.2) is 11.0 Å². The SMILES string of the molecule is O=C(CC12CC3CC(CC(C3)C1)C2)Oc1cc(C(=O)OCC23CC4CC(CC(C4)C2)C3)c([N+](=O)[O-])c(SOO[O-])c1[N+](=O)[O-]. The molecule has 0 saturated heterocycles. The average molecular weight is 632 g/mol. The lowest BCUT2D eigenvalue weighted by molar-refractivity contribution is -0.777. The Morgan fingerprint density at radius 1 is 0.795 bits per heavy atom. The topological polar surface area (TPSA) is 180 Å². The van der Waals surface area contributed by atoms with Gasteiger partial charge in [-0.1, -0.05) is 0 Å². The van der Waals surface area contributed by atoms with Gasteiger partial charge in [0.1, 0.15) is 5.56 Å². The van der Waals surface area contributed by atoms with Gasteiger partial charge in [0.2, 0.25) is 5.75 Å². The van der Waals surface area contributed by atoms with Crippen LogP contribution in [0.5, 0.6) is 5.75 Å². The Labute approximate surface area is 257 Å². The lowest BCUT2D eigenvalue weighted by Crippen LogP contribution is -2.48. The van der Waals surface area contributed by atoms with Gasteiger partial charge >= 0.3 is 23.3 Å². The zero-order chi connectivity index (χ0) is 30.8. The zero-order valence-corrected chi connectivity index (χ0v) is 25.1. The van der Waals surface area contributed by atoms with E-state index in [4.69, 9.17) is 9.47 Å². The first-order chi connectivity index (χ1) is 21.0. The molecule has 8 aliphatic rings. The minimum absolute atomic E-state index is 0.0547. The summed E-state index contributed by atoms with van der Waals surface area (Å²) >= 11 is -0.0936. The van der Waals surface area contributed by atoms with E-state index in [-0.39, 0.29) is 35.9 Å². The van der Waals surface area contributed by atoms with Crippen molar-refractivity contribution in [1.29, 1.82) is 0 Å². The number of carbonyl (C=O) groups is 2. The van der Waals surface area contributed by atoms with Crippen molar-refractivity contribution in [1.82, 2.24) is 0 Å². The Morgan fingerprint density at radius 3 is 1.73 bits per heavy atom. The fourth-order valence-corrected chi connectivity index (χ4v) is 11.7. The molecule has 0 unspecified atom stereocenters. The lowest BCUT2D eigenvalue weighted by Gasteiger charge is -2.56. The monoisotopic (exact) mass is 631 g/mol. The van der Waals surface area contributed by atoms with Crippen LogP contribution in [-0.2, 0) is 18.9 Å². The quantitative estimate of drug-likeness (QED) is 0.0735. The van der Waals surface area contributed by atoms with Gasteiger partial charge in [0.05, 0.1) is 34.9 Å². The summed E-state index contributed by atoms with van der Waals surface area (Å²) in [6.07, 6.45) is 12.6. The fourth-order valence-electron chi connectivity index (χ4n) is 11.1. The first-order valence-corrected chi connectivity index (χ1v) is 16.3. The van der Waals surface area contributed by atoms with Crippen molar-refractivity contribution in [3.8, 4) is 5.75 Å². The maximum Gasteiger partial charge on any atom is 0.345 e. The van der Waals surface area contributed by atoms with Crippen LogP contribution in [0.4, 0.5) is 11.4 Å². The van der Waals surface area contributed by atoms with Crippen LogP contribution in [0.3, 0.4) is 0 Å². The Morgan fingerprint density at radius 2 is 1.27 bits per heavy atom. The Bertz CT molecular complexity index is 1330. The van der Waals surface area contributed by atoms with Gasteiger partial charge < -0.3 is 14.7 Å². The highest BCUT2D eigenvalue weighted by molar-refractivity contribution is 7.94. The number of esters is 2. The summed E-state index contributed by atoms with van der Waals surface area (Å²) < 4.78 is 15.6. The largest absolute Gasteiger partial charge is 0.691 e. The van der Waals surface area contributed by atoms with Crippen LogP contribution in [0.1, 0.15) is 93.8 Å². The lowest BCUT2D eigenvalue weighted by atomic mass is 9.49. The number of nitro benzene ring substituents is 2. The molecule has 238 valence electrons. The van der Waals surface area contributed by atoms with Crippen molar-refractivity contribution in [2.45, 2.75) is 88.4 Å². The summed E-state index contributed by atoms with van der Waals surface area (Å²) in [7, 11) is 0. The number of hydrogen-bond acceptors (Lipinski definition) is 12. The molecule has 8 bridgehead atoms. The van der Waals surface area contributed by atoms with Gasteiger partial charge in [-0.05, 0) is 118 Å². The van der Waals surface area contributed by atoms with E-state index in [0.29, 0.717) is 35.5 Å². The van der Waals surface area contributed by atoms with E-state index < -0.39 is 49.4 Å². The van der Waals surface area contributed by atoms with Crippen LogP contribution in [0.25, 0.3) is 0 Å². The average Bonchev–Trinajstić information content (AvgIpc) is 2.92. The van der Waals surface area contributed by atoms with Gasteiger partial charge in [-0.25, -0.2) is 4.79 Å². The Kier molecular flexibility index (Phi) is 7.61. The molecule has 8 fully saturated rings. The maximum atomic E-state index is 13.5. The standard InChI is InChI=1S/C30H36N2O11S/c33-24(14-29-8-16-1-17(9-29)3-18(2-16)10-29)41-23-7-22(25(31(35)36)27(44-43-42-39)26(23)32(37)38)28(34)40-15-30-11-19-4-20(12-30)6-21(5-19)13-30/h7,16-21,39H,1-6,8-15H2/p-1. The summed E-state index contributed by atoms with van der Waals surface area (Å²) in [6.45, 7) is 0.0767. The number of benzene rings is 1. The highest BCUT2D eigenvalue weighted by Crippen LogP contribution is 2.62. The smallest absolute Gasteiger partial charge is 0.345 e. The molecule has 1 aromatic carbocycles. The summed E-state index contributed by atoms with van der Waals surface area (Å²) in [6, 6.07) is 0.845. The Hall–Kier alpha value is -2.81. The van der Waals surface area contributed by atoms with Gasteiger partial charge in [-0.2, -0.15) is 4.33 Å². The second-order valence-corrected chi connectivity index (χ2v) is 15.5. The number of nitrogens with zero attached hydrogens (tertiary/aromatic N) is 2. The van der Waals surface area contributed by atoms with Crippen LogP contribution in [-0.4, -0.2) is 28.4 Å². The molecule has 8 saturated carbocycles. The van der Waals surface area contributed by atoms with Gasteiger partial charge in [-0.15, -0.1) is 0 Å². The van der Waals surface area contributed by atoms with Crippen molar-refractivity contribution in [2.75, 3.05) is 6.61 Å². The van der Waals surface area contributed by atoms with Gasteiger partial charge in [-0.3, -0.25) is 30.1 Å². The molecule has 8 aliphatic carbocycles. The molecule has 0 spiro atoms. The number of carbonyl (C=O) groups excluding carboxylic acids is 2. The Balaban J connectivity index is 1.18. The van der Waals surface area contributed by atoms with Gasteiger partial charge in [0, 0.05) is 11.5 Å². The molecule has 0 heterocycles. The highest BCUT2D eigenvalue weighted by Gasteiger charge is 2.53. The van der Waals surface area contributed by atoms with E-state index in [0.717, 1.165) is 63.9 Å². The van der Waals surface area contributed by atoms with E-state index in [1.165, 1.54) is 19.3 Å². The molecular weight excluding hydrogens is 596 g/mol. The summed E-state index contributed by atoms with van der Waals surface area (Å²) in [5.74, 6) is 1.01. The molecule has 14 heteroatoms. The fraction of sp³-hybridized carbons (Fsp3) is 0.733. The van der Waals surface area contributed by atoms with Crippen molar-refractivity contribution < 1.29 is 43.5 Å². The minimum Gasteiger partial charge on any atom is -0.691 e. The van der Waals surface area contributed by atoms with Gasteiger partial charge in [0.25, 0.3) is 0 Å². The number of nitro groups is 2. The molecule has 0 aliphatic heterocycles. The van der Waals surface area contributed by atoms with Crippen LogP contribution in [0.2, 0.25) is 0 Å². The third-order valence-corrected chi connectivity index (χ3v) is 12.2. The van der Waals surface area contributed by atoms with Crippen molar-refractivity contribution >= 4 is 35.4 Å². The first kappa shape index (κ1) is 29.9. The zero-order valence-electron chi connectivity index (χ0n) is 24.2. The maximum absolute atomic E-state index is 13.5. The van der Waals surface area contributed by atoms with E-state index in [2.05, 4.69) is 9.37 Å². The predicted octanol–water partition coefficient (Wildman–Crippen LogP) is 5.62. The number of hydrogen-bond donors (Lipinski definition) is 0. The molecule has 0 radical (unpaired) electrons. The molecule has 0 amide bonds. The minimum atomic E-state index is -1.06.